The maximum absolute atomic E-state index is 12.0. The fraction of sp³-hybridized carbons (Fsp3) is 0.727. The summed E-state index contributed by atoms with van der Waals surface area (Å²) >= 11 is 0. The van der Waals surface area contributed by atoms with Crippen molar-refractivity contribution in [3.05, 3.63) is 18.1 Å². The van der Waals surface area contributed by atoms with E-state index >= 15 is 0 Å². The number of nitrogens with one attached hydrogen (secondary N) is 4. The summed E-state index contributed by atoms with van der Waals surface area (Å²) in [5.41, 5.74) is 0.766. The number of carbonyl (C=O) groups excluding carboxylic acids is 2. The Morgan fingerprint density at radius 2 is 1.76 bits per heavy atom. The summed E-state index contributed by atoms with van der Waals surface area (Å²) in [6, 6.07) is 1.43. The fourth-order valence-electron chi connectivity index (χ4n) is 3.56. The topological polar surface area (TPSA) is 155 Å². The van der Waals surface area contributed by atoms with Crippen molar-refractivity contribution < 1.29 is 19.8 Å². The van der Waals surface area contributed by atoms with E-state index in [9.17, 15) is 19.8 Å². The largest absolute Gasteiger partial charge is 0.369 e. The predicted molar refractivity (Wildman–Crippen MR) is 129 cm³/mol. The van der Waals surface area contributed by atoms with Crippen LogP contribution in [0.3, 0.4) is 0 Å². The minimum absolute atomic E-state index is 0.0513. The molecule has 4 amide bonds. The third kappa shape index (κ3) is 6.75. The standard InChI is InChI=1S/C12H18N4O3.C10H22N4O/c1-12(2,3)7-5-8(14-6-13-7)16-10(18)9(17)15(4)11(16)19;1-10(2,3)7-5-8(13-6-12-7)14-9(15)11-4/h5-6,9-10,17-18H,1-4H3;7-8,12-13H,5-6H2,1-4H3,(H2,11,14,15). The Labute approximate surface area is 201 Å². The monoisotopic (exact) mass is 480 g/mol. The Hall–Kier alpha value is -2.54. The highest BCUT2D eigenvalue weighted by atomic mass is 16.4. The number of amides is 4. The molecule has 2 saturated heterocycles. The van der Waals surface area contributed by atoms with Gasteiger partial charge < -0.3 is 26.2 Å². The molecule has 4 unspecified atom stereocenters. The average molecular weight is 481 g/mol. The van der Waals surface area contributed by atoms with Gasteiger partial charge in [-0.15, -0.1) is 0 Å². The first-order chi connectivity index (χ1) is 15.7. The molecule has 2 fully saturated rings. The van der Waals surface area contributed by atoms with Crippen molar-refractivity contribution in [3.63, 3.8) is 0 Å². The summed E-state index contributed by atoms with van der Waals surface area (Å²) in [6.07, 6.45) is -0.298. The molecule has 2 aliphatic heterocycles. The van der Waals surface area contributed by atoms with E-state index in [1.165, 1.54) is 13.4 Å². The summed E-state index contributed by atoms with van der Waals surface area (Å²) in [5, 5.41) is 31.6. The second-order valence-electron chi connectivity index (χ2n) is 10.6. The van der Waals surface area contributed by atoms with Crippen LogP contribution in [-0.4, -0.2) is 82.6 Å². The molecule has 6 N–H and O–H groups in total. The number of likely N-dealkylation sites (N-methyl/N-ethyl adjacent to an activating group) is 1. The van der Waals surface area contributed by atoms with E-state index in [1.54, 1.807) is 13.1 Å². The van der Waals surface area contributed by atoms with E-state index in [0.29, 0.717) is 6.04 Å². The van der Waals surface area contributed by atoms with E-state index in [4.69, 9.17) is 0 Å². The molecule has 0 bridgehead atoms. The van der Waals surface area contributed by atoms with Crippen molar-refractivity contribution in [1.29, 1.82) is 0 Å². The third-order valence-electron chi connectivity index (χ3n) is 5.85. The van der Waals surface area contributed by atoms with Gasteiger partial charge in [-0.05, 0) is 11.8 Å². The lowest BCUT2D eigenvalue weighted by Gasteiger charge is -2.39. The molecule has 0 aromatic carbocycles. The van der Waals surface area contributed by atoms with Crippen LogP contribution in [0.5, 0.6) is 0 Å². The van der Waals surface area contributed by atoms with E-state index < -0.39 is 18.5 Å². The summed E-state index contributed by atoms with van der Waals surface area (Å²) in [4.78, 5) is 33.4. The number of hydrogen-bond donors (Lipinski definition) is 6. The number of carbonyl (C=O) groups is 2. The van der Waals surface area contributed by atoms with Crippen LogP contribution in [0.2, 0.25) is 0 Å². The van der Waals surface area contributed by atoms with Crippen LogP contribution >= 0.6 is 0 Å². The number of urea groups is 2. The lowest BCUT2D eigenvalue weighted by molar-refractivity contribution is -0.0183. The number of hydrogen-bond acceptors (Lipinski definition) is 8. The zero-order chi connectivity index (χ0) is 25.8. The smallest absolute Gasteiger partial charge is 0.329 e. The van der Waals surface area contributed by atoms with Crippen molar-refractivity contribution in [3.8, 4) is 0 Å². The highest BCUT2D eigenvalue weighted by molar-refractivity contribution is 5.93. The molecule has 0 radical (unpaired) electrons. The van der Waals surface area contributed by atoms with Crippen molar-refractivity contribution in [2.45, 2.75) is 78.0 Å². The molecule has 192 valence electrons. The molecule has 3 heterocycles. The lowest BCUT2D eigenvalue weighted by Crippen LogP contribution is -2.61. The van der Waals surface area contributed by atoms with Gasteiger partial charge in [-0.25, -0.2) is 24.5 Å². The first-order valence-corrected chi connectivity index (χ1v) is 11.4. The van der Waals surface area contributed by atoms with Crippen LogP contribution in [-0.2, 0) is 5.41 Å². The van der Waals surface area contributed by atoms with Crippen LogP contribution in [0.4, 0.5) is 15.4 Å². The molecular weight excluding hydrogens is 440 g/mol. The van der Waals surface area contributed by atoms with E-state index in [0.717, 1.165) is 28.6 Å². The van der Waals surface area contributed by atoms with Gasteiger partial charge in [0, 0.05) is 38.3 Å². The van der Waals surface area contributed by atoms with Crippen LogP contribution < -0.4 is 26.2 Å². The number of aromatic nitrogens is 2. The minimum Gasteiger partial charge on any atom is -0.369 e. The summed E-state index contributed by atoms with van der Waals surface area (Å²) in [6.45, 7) is 13.3. The zero-order valence-corrected chi connectivity index (χ0v) is 21.4. The molecule has 12 heteroatoms. The van der Waals surface area contributed by atoms with E-state index in [-0.39, 0.29) is 28.8 Å². The van der Waals surface area contributed by atoms with Gasteiger partial charge in [0.25, 0.3) is 0 Å². The number of aliphatic hydroxyl groups excluding tert-OH is 2. The molecule has 1 aromatic heterocycles. The fourth-order valence-corrected chi connectivity index (χ4v) is 3.56. The summed E-state index contributed by atoms with van der Waals surface area (Å²) in [7, 11) is 3.04. The molecular formula is C22H40N8O4. The summed E-state index contributed by atoms with van der Waals surface area (Å²) < 4.78 is 0. The van der Waals surface area contributed by atoms with Crippen LogP contribution in [0.1, 0.15) is 53.7 Å². The summed E-state index contributed by atoms with van der Waals surface area (Å²) in [5.74, 6) is 0.279. The third-order valence-corrected chi connectivity index (χ3v) is 5.85. The molecule has 0 aliphatic carbocycles. The van der Waals surface area contributed by atoms with Crippen LogP contribution in [0.15, 0.2) is 12.4 Å². The Morgan fingerprint density at radius 3 is 2.26 bits per heavy atom. The molecule has 3 rings (SSSR count). The second kappa shape index (κ2) is 10.8. The molecule has 34 heavy (non-hydrogen) atoms. The molecule has 1 aromatic rings. The van der Waals surface area contributed by atoms with Gasteiger partial charge in [0.05, 0.1) is 11.9 Å². The number of aliphatic hydroxyl groups is 2. The number of nitrogens with zero attached hydrogens (tertiary/aromatic N) is 4. The normalized spacial score (nSPS) is 25.5. The molecule has 2 aliphatic rings. The Kier molecular flexibility index (Phi) is 8.81. The van der Waals surface area contributed by atoms with Crippen LogP contribution in [0, 0.1) is 5.41 Å². The maximum Gasteiger partial charge on any atom is 0.329 e. The average Bonchev–Trinajstić information content (AvgIpc) is 2.96. The first-order valence-electron chi connectivity index (χ1n) is 11.4. The predicted octanol–water partition coefficient (Wildman–Crippen LogP) is 0.479. The van der Waals surface area contributed by atoms with Crippen molar-refractivity contribution in [2.24, 2.45) is 5.41 Å². The van der Waals surface area contributed by atoms with Gasteiger partial charge in [0.1, 0.15) is 12.1 Å². The Morgan fingerprint density at radius 1 is 1.12 bits per heavy atom. The molecule has 0 saturated carbocycles. The van der Waals surface area contributed by atoms with E-state index in [2.05, 4.69) is 52.0 Å². The van der Waals surface area contributed by atoms with Gasteiger partial charge >= 0.3 is 12.1 Å². The van der Waals surface area contributed by atoms with Gasteiger partial charge in [0.2, 0.25) is 0 Å². The van der Waals surface area contributed by atoms with Gasteiger partial charge in [-0.1, -0.05) is 41.5 Å². The Balaban J connectivity index is 0.000000248. The van der Waals surface area contributed by atoms with Crippen LogP contribution in [0.25, 0.3) is 0 Å². The Bertz CT molecular complexity index is 854. The highest BCUT2D eigenvalue weighted by Gasteiger charge is 2.43. The van der Waals surface area contributed by atoms with Crippen molar-refractivity contribution in [1.82, 2.24) is 36.1 Å². The minimum atomic E-state index is -1.33. The van der Waals surface area contributed by atoms with Gasteiger partial charge in [-0.2, -0.15) is 0 Å². The quantitative estimate of drug-likeness (QED) is 0.357. The molecule has 0 spiro atoms. The van der Waals surface area contributed by atoms with Crippen molar-refractivity contribution >= 4 is 17.9 Å². The van der Waals surface area contributed by atoms with E-state index in [1.807, 2.05) is 20.8 Å². The zero-order valence-electron chi connectivity index (χ0n) is 21.4. The van der Waals surface area contributed by atoms with Crippen molar-refractivity contribution in [2.75, 3.05) is 25.7 Å². The van der Waals surface area contributed by atoms with Gasteiger partial charge in [0.15, 0.2) is 12.5 Å². The first kappa shape index (κ1) is 27.7. The maximum atomic E-state index is 12.0. The SMILES string of the molecule is CN1C(=O)N(c2cc(C(C)(C)C)ncn2)C(O)C1O.CNC(=O)NC1CC(C(C)(C)C)NCN1. The lowest BCUT2D eigenvalue weighted by atomic mass is 9.83. The molecule has 4 atom stereocenters. The second-order valence-corrected chi connectivity index (χ2v) is 10.6. The highest BCUT2D eigenvalue weighted by Crippen LogP contribution is 2.28. The number of anilines is 1. The van der Waals surface area contributed by atoms with Gasteiger partial charge in [-0.3, -0.25) is 10.2 Å². The number of rotatable bonds is 2. The molecule has 12 nitrogen and oxygen atoms in total.